The number of rotatable bonds is 4. The highest BCUT2D eigenvalue weighted by molar-refractivity contribution is 5.76. The number of hydrogen-bond acceptors (Lipinski definition) is 4. The van der Waals surface area contributed by atoms with Gasteiger partial charge in [-0.2, -0.15) is 0 Å². The molecule has 1 atom stereocenters. The Bertz CT molecular complexity index is 849. The van der Waals surface area contributed by atoms with Crippen molar-refractivity contribution in [2.75, 3.05) is 11.9 Å². The monoisotopic (exact) mass is 317 g/mol. The number of pyridine rings is 1. The van der Waals surface area contributed by atoms with E-state index in [1.807, 2.05) is 54.9 Å². The third-order valence-electron chi connectivity index (χ3n) is 4.31. The molecule has 4 nitrogen and oxygen atoms in total. The average Bonchev–Trinajstić information content (AvgIpc) is 2.66. The van der Waals surface area contributed by atoms with E-state index in [4.69, 9.17) is 10.5 Å². The number of benzene rings is 2. The standard InChI is InChI=1S/C20H19N3O/c21-19(14-4-2-1-3-5-14)12-23-16-6-7-18-17-8-9-22-11-15(17)13-24-20(18)10-16/h1-11,19,23H,12-13,21H2/t19-/m1/s1. The fourth-order valence-corrected chi connectivity index (χ4v) is 2.98. The van der Waals surface area contributed by atoms with E-state index in [9.17, 15) is 0 Å². The number of ether oxygens (including phenoxy) is 1. The minimum atomic E-state index is -0.0463. The highest BCUT2D eigenvalue weighted by atomic mass is 16.5. The van der Waals surface area contributed by atoms with E-state index in [-0.39, 0.29) is 6.04 Å². The second-order valence-corrected chi connectivity index (χ2v) is 5.93. The molecule has 0 saturated heterocycles. The molecule has 4 rings (SSSR count). The van der Waals surface area contributed by atoms with Crippen LogP contribution in [0.15, 0.2) is 67.0 Å². The summed E-state index contributed by atoms with van der Waals surface area (Å²) < 4.78 is 5.87. The highest BCUT2D eigenvalue weighted by Gasteiger charge is 2.17. The summed E-state index contributed by atoms with van der Waals surface area (Å²) in [7, 11) is 0. The second-order valence-electron chi connectivity index (χ2n) is 5.93. The Labute approximate surface area is 141 Å². The van der Waals surface area contributed by atoms with Crippen molar-refractivity contribution in [1.29, 1.82) is 0 Å². The Balaban J connectivity index is 1.51. The number of nitrogens with two attached hydrogens (primary N) is 1. The zero-order valence-electron chi connectivity index (χ0n) is 13.3. The van der Waals surface area contributed by atoms with E-state index in [0.717, 1.165) is 28.1 Å². The fourth-order valence-electron chi connectivity index (χ4n) is 2.98. The zero-order valence-corrected chi connectivity index (χ0v) is 13.3. The van der Waals surface area contributed by atoms with Gasteiger partial charge in [-0.05, 0) is 29.3 Å². The van der Waals surface area contributed by atoms with Gasteiger partial charge in [0.1, 0.15) is 12.4 Å². The fraction of sp³-hybridized carbons (Fsp3) is 0.150. The van der Waals surface area contributed by atoms with Gasteiger partial charge < -0.3 is 15.8 Å². The Hall–Kier alpha value is -2.85. The van der Waals surface area contributed by atoms with Crippen LogP contribution in [0.4, 0.5) is 5.69 Å². The molecule has 2 heterocycles. The molecule has 0 saturated carbocycles. The minimum absolute atomic E-state index is 0.0463. The summed E-state index contributed by atoms with van der Waals surface area (Å²) in [4.78, 5) is 4.16. The molecule has 0 spiro atoms. The lowest BCUT2D eigenvalue weighted by molar-refractivity contribution is 0.302. The average molecular weight is 317 g/mol. The lowest BCUT2D eigenvalue weighted by Crippen LogP contribution is -2.20. The normalized spacial score (nSPS) is 13.4. The summed E-state index contributed by atoms with van der Waals surface area (Å²) in [6, 6.07) is 18.3. The van der Waals surface area contributed by atoms with Crippen molar-refractivity contribution in [2.45, 2.75) is 12.6 Å². The van der Waals surface area contributed by atoms with Crippen molar-refractivity contribution in [3.8, 4) is 16.9 Å². The van der Waals surface area contributed by atoms with Crippen molar-refractivity contribution in [3.05, 3.63) is 78.1 Å². The van der Waals surface area contributed by atoms with Crippen LogP contribution < -0.4 is 15.8 Å². The first kappa shape index (κ1) is 14.7. The Morgan fingerprint density at radius 2 is 1.96 bits per heavy atom. The summed E-state index contributed by atoms with van der Waals surface area (Å²) in [6.07, 6.45) is 3.68. The van der Waals surface area contributed by atoms with Crippen molar-refractivity contribution in [3.63, 3.8) is 0 Å². The molecule has 1 aromatic heterocycles. The van der Waals surface area contributed by atoms with Gasteiger partial charge in [-0.1, -0.05) is 30.3 Å². The molecule has 3 aromatic rings. The number of fused-ring (bicyclic) bond motifs is 3. The van der Waals surface area contributed by atoms with Crippen molar-refractivity contribution >= 4 is 5.69 Å². The largest absolute Gasteiger partial charge is 0.488 e. The van der Waals surface area contributed by atoms with Crippen LogP contribution >= 0.6 is 0 Å². The molecule has 1 aliphatic heterocycles. The van der Waals surface area contributed by atoms with Gasteiger partial charge in [-0.3, -0.25) is 4.98 Å². The molecular weight excluding hydrogens is 298 g/mol. The smallest absolute Gasteiger partial charge is 0.129 e. The van der Waals surface area contributed by atoms with Crippen LogP contribution in [0.2, 0.25) is 0 Å². The van der Waals surface area contributed by atoms with Crippen LogP contribution in [0.25, 0.3) is 11.1 Å². The van der Waals surface area contributed by atoms with Gasteiger partial charge in [0, 0.05) is 47.9 Å². The van der Waals surface area contributed by atoms with E-state index in [2.05, 4.69) is 22.4 Å². The molecule has 0 unspecified atom stereocenters. The predicted molar refractivity (Wildman–Crippen MR) is 95.9 cm³/mol. The van der Waals surface area contributed by atoms with Crippen LogP contribution in [-0.4, -0.2) is 11.5 Å². The molecule has 2 aromatic carbocycles. The molecule has 3 N–H and O–H groups in total. The summed E-state index contributed by atoms with van der Waals surface area (Å²) >= 11 is 0. The van der Waals surface area contributed by atoms with E-state index in [0.29, 0.717) is 13.2 Å². The van der Waals surface area contributed by atoms with Gasteiger partial charge >= 0.3 is 0 Å². The van der Waals surface area contributed by atoms with Crippen LogP contribution in [-0.2, 0) is 6.61 Å². The maximum atomic E-state index is 6.24. The first-order valence-corrected chi connectivity index (χ1v) is 8.06. The number of nitrogens with zero attached hydrogens (tertiary/aromatic N) is 1. The summed E-state index contributed by atoms with van der Waals surface area (Å²) in [5.74, 6) is 0.895. The second kappa shape index (κ2) is 6.34. The molecule has 4 heteroatoms. The van der Waals surface area contributed by atoms with Crippen LogP contribution in [0.5, 0.6) is 5.75 Å². The molecule has 0 amide bonds. The van der Waals surface area contributed by atoms with Gasteiger partial charge in [0.25, 0.3) is 0 Å². The Kier molecular flexibility index (Phi) is 3.89. The number of nitrogens with one attached hydrogen (secondary N) is 1. The van der Waals surface area contributed by atoms with Crippen molar-refractivity contribution in [2.24, 2.45) is 5.73 Å². The van der Waals surface area contributed by atoms with E-state index in [1.54, 1.807) is 0 Å². The lowest BCUT2D eigenvalue weighted by atomic mass is 9.98. The summed E-state index contributed by atoms with van der Waals surface area (Å²) in [5, 5.41) is 3.40. The SMILES string of the molecule is N[C@H](CNc1ccc2c(c1)OCc1cnccc1-2)c1ccccc1. The third kappa shape index (κ3) is 2.84. The van der Waals surface area contributed by atoms with Crippen molar-refractivity contribution in [1.82, 2.24) is 4.98 Å². The Morgan fingerprint density at radius 1 is 1.08 bits per heavy atom. The number of hydrogen-bond donors (Lipinski definition) is 2. The van der Waals surface area contributed by atoms with E-state index < -0.39 is 0 Å². The third-order valence-corrected chi connectivity index (χ3v) is 4.31. The van der Waals surface area contributed by atoms with Crippen molar-refractivity contribution < 1.29 is 4.74 Å². The van der Waals surface area contributed by atoms with Crippen LogP contribution in [0, 0.1) is 0 Å². The first-order chi connectivity index (χ1) is 11.8. The van der Waals surface area contributed by atoms with Gasteiger partial charge in [-0.15, -0.1) is 0 Å². The van der Waals surface area contributed by atoms with Crippen LogP contribution in [0.3, 0.4) is 0 Å². The highest BCUT2D eigenvalue weighted by Crippen LogP contribution is 2.38. The van der Waals surface area contributed by atoms with Gasteiger partial charge in [0.05, 0.1) is 0 Å². The maximum absolute atomic E-state index is 6.24. The van der Waals surface area contributed by atoms with Gasteiger partial charge in [0.2, 0.25) is 0 Å². The Morgan fingerprint density at radius 3 is 2.83 bits per heavy atom. The predicted octanol–water partition coefficient (Wildman–Crippen LogP) is 3.75. The molecule has 0 radical (unpaired) electrons. The molecule has 0 bridgehead atoms. The maximum Gasteiger partial charge on any atom is 0.129 e. The summed E-state index contributed by atoms with van der Waals surface area (Å²) in [6.45, 7) is 1.23. The zero-order chi connectivity index (χ0) is 16.4. The molecule has 1 aliphatic rings. The molecule has 0 aliphatic carbocycles. The number of aromatic nitrogens is 1. The number of anilines is 1. The van der Waals surface area contributed by atoms with Gasteiger partial charge in [-0.25, -0.2) is 0 Å². The topological polar surface area (TPSA) is 60.2 Å². The van der Waals surface area contributed by atoms with Gasteiger partial charge in [0.15, 0.2) is 0 Å². The quantitative estimate of drug-likeness (QED) is 0.769. The van der Waals surface area contributed by atoms with Crippen LogP contribution in [0.1, 0.15) is 17.2 Å². The first-order valence-electron chi connectivity index (χ1n) is 8.06. The molecular formula is C20H19N3O. The summed E-state index contributed by atoms with van der Waals surface area (Å²) in [5.41, 5.74) is 11.8. The van der Waals surface area contributed by atoms with E-state index in [1.165, 1.54) is 5.56 Å². The van der Waals surface area contributed by atoms with E-state index >= 15 is 0 Å². The lowest BCUT2D eigenvalue weighted by Gasteiger charge is -2.21. The molecule has 120 valence electrons. The molecule has 0 fully saturated rings. The minimum Gasteiger partial charge on any atom is -0.488 e. The molecule has 24 heavy (non-hydrogen) atoms.